The molecule has 1 atom stereocenters. The quantitative estimate of drug-likeness (QED) is 0.736. The Labute approximate surface area is 117 Å². The van der Waals surface area contributed by atoms with Gasteiger partial charge < -0.3 is 9.57 Å². The molecule has 0 bridgehead atoms. The zero-order chi connectivity index (χ0) is 12.9. The monoisotopic (exact) mass is 277 g/mol. The van der Waals surface area contributed by atoms with Gasteiger partial charge in [0.1, 0.15) is 5.71 Å². The average Bonchev–Trinajstić information content (AvgIpc) is 3.18. The van der Waals surface area contributed by atoms with Crippen molar-refractivity contribution in [2.75, 3.05) is 6.61 Å². The van der Waals surface area contributed by atoms with E-state index in [-0.39, 0.29) is 11.2 Å². The molecule has 100 valence electrons. The summed E-state index contributed by atoms with van der Waals surface area (Å²) in [5.41, 5.74) is 1.51. The Morgan fingerprint density at radius 3 is 2.37 bits per heavy atom. The van der Waals surface area contributed by atoms with Crippen LogP contribution in [0.5, 0.6) is 0 Å². The Morgan fingerprint density at radius 2 is 1.74 bits per heavy atom. The minimum atomic E-state index is -0.290. The van der Waals surface area contributed by atoms with Gasteiger partial charge in [-0.2, -0.15) is 0 Å². The number of benzene rings is 1. The predicted octanol–water partition coefficient (Wildman–Crippen LogP) is 3.55. The molecule has 0 radical (unpaired) electrons. The number of rotatable bonds is 1. The van der Waals surface area contributed by atoms with Crippen LogP contribution in [0.4, 0.5) is 0 Å². The number of hydrogen-bond donors (Lipinski definition) is 0. The van der Waals surface area contributed by atoms with Gasteiger partial charge in [-0.1, -0.05) is 35.3 Å². The summed E-state index contributed by atoms with van der Waals surface area (Å²) < 4.78 is 5.86. The largest absolute Gasteiger partial charge is 0.385 e. The van der Waals surface area contributed by atoms with E-state index in [0.29, 0.717) is 0 Å². The highest BCUT2D eigenvalue weighted by Gasteiger charge is 2.70. The van der Waals surface area contributed by atoms with E-state index in [1.807, 2.05) is 24.3 Å². The lowest BCUT2D eigenvalue weighted by atomic mass is 9.73. The molecule has 19 heavy (non-hydrogen) atoms. The van der Waals surface area contributed by atoms with Crippen molar-refractivity contribution in [2.45, 2.75) is 43.3 Å². The van der Waals surface area contributed by atoms with Crippen molar-refractivity contribution in [3.05, 3.63) is 34.9 Å². The lowest BCUT2D eigenvalue weighted by Crippen LogP contribution is -2.48. The minimum absolute atomic E-state index is 0.208. The van der Waals surface area contributed by atoms with Crippen LogP contribution in [-0.2, 0) is 9.57 Å². The lowest BCUT2D eigenvalue weighted by Gasteiger charge is -2.34. The van der Waals surface area contributed by atoms with Crippen LogP contribution < -0.4 is 0 Å². The normalized spacial score (nSPS) is 31.3. The second-order valence-electron chi connectivity index (χ2n) is 5.71. The molecule has 1 saturated carbocycles. The first kappa shape index (κ1) is 11.7. The fourth-order valence-electron chi connectivity index (χ4n) is 3.48. The van der Waals surface area contributed by atoms with Crippen LogP contribution in [0.25, 0.3) is 0 Å². The smallest absolute Gasteiger partial charge is 0.179 e. The van der Waals surface area contributed by atoms with E-state index in [4.69, 9.17) is 21.2 Å². The molecule has 1 unspecified atom stereocenters. The third kappa shape index (κ3) is 1.58. The molecular weight excluding hydrogens is 262 g/mol. The zero-order valence-electron chi connectivity index (χ0n) is 10.7. The van der Waals surface area contributed by atoms with E-state index in [1.54, 1.807) is 0 Å². The van der Waals surface area contributed by atoms with E-state index >= 15 is 0 Å². The highest BCUT2D eigenvalue weighted by Crippen LogP contribution is 2.54. The molecule has 2 fully saturated rings. The SMILES string of the molecule is Clc1ccc(C2=NOC3(CCCCC3)C23CO3)cc1. The van der Waals surface area contributed by atoms with Crippen LogP contribution in [0.2, 0.25) is 5.02 Å². The van der Waals surface area contributed by atoms with Gasteiger partial charge in [-0.3, -0.25) is 0 Å². The summed E-state index contributed by atoms with van der Waals surface area (Å²) >= 11 is 5.94. The summed E-state index contributed by atoms with van der Waals surface area (Å²) in [5.74, 6) is 0. The summed E-state index contributed by atoms with van der Waals surface area (Å²) in [5, 5.41) is 5.11. The van der Waals surface area contributed by atoms with Gasteiger partial charge in [0.05, 0.1) is 6.61 Å². The topological polar surface area (TPSA) is 34.1 Å². The Bertz CT molecular complexity index is 528. The number of halogens is 1. The molecule has 1 aromatic rings. The number of ether oxygens (including phenoxy) is 1. The molecule has 0 N–H and O–H groups in total. The van der Waals surface area contributed by atoms with Crippen LogP contribution in [0.15, 0.2) is 29.4 Å². The van der Waals surface area contributed by atoms with Crippen molar-refractivity contribution in [1.82, 2.24) is 0 Å². The predicted molar refractivity (Wildman–Crippen MR) is 73.6 cm³/mol. The maximum atomic E-state index is 5.94. The van der Waals surface area contributed by atoms with Gasteiger partial charge in [0.15, 0.2) is 11.2 Å². The number of hydrogen-bond acceptors (Lipinski definition) is 3. The Morgan fingerprint density at radius 1 is 1.05 bits per heavy atom. The van der Waals surface area contributed by atoms with E-state index in [0.717, 1.165) is 35.7 Å². The van der Waals surface area contributed by atoms with Crippen molar-refractivity contribution >= 4 is 17.3 Å². The van der Waals surface area contributed by atoms with Gasteiger partial charge >= 0.3 is 0 Å². The zero-order valence-corrected chi connectivity index (χ0v) is 11.4. The van der Waals surface area contributed by atoms with Crippen LogP contribution in [-0.4, -0.2) is 23.5 Å². The molecule has 0 amide bonds. The molecule has 4 rings (SSSR count). The Hall–Kier alpha value is -1.06. The number of epoxide rings is 1. The van der Waals surface area contributed by atoms with Crippen LogP contribution >= 0.6 is 11.6 Å². The van der Waals surface area contributed by atoms with Crippen molar-refractivity contribution in [2.24, 2.45) is 5.16 Å². The first-order valence-corrected chi connectivity index (χ1v) is 7.30. The molecule has 1 aliphatic carbocycles. The van der Waals surface area contributed by atoms with Gasteiger partial charge in [-0.05, 0) is 37.8 Å². The summed E-state index contributed by atoms with van der Waals surface area (Å²) in [4.78, 5) is 5.89. The molecular formula is C15H16ClNO2. The number of nitrogens with zero attached hydrogens (tertiary/aromatic N) is 1. The van der Waals surface area contributed by atoms with Crippen molar-refractivity contribution in [3.8, 4) is 0 Å². The third-order valence-corrected chi connectivity index (χ3v) is 4.89. The number of fused-ring (bicyclic) bond motifs is 1. The van der Waals surface area contributed by atoms with Crippen molar-refractivity contribution in [3.63, 3.8) is 0 Å². The van der Waals surface area contributed by atoms with Crippen LogP contribution in [0.1, 0.15) is 37.7 Å². The highest BCUT2D eigenvalue weighted by molar-refractivity contribution is 6.30. The molecule has 3 aliphatic rings. The maximum Gasteiger partial charge on any atom is 0.179 e. The lowest BCUT2D eigenvalue weighted by molar-refractivity contribution is -0.0788. The molecule has 3 nitrogen and oxygen atoms in total. The molecule has 1 aromatic carbocycles. The van der Waals surface area contributed by atoms with Crippen molar-refractivity contribution in [1.29, 1.82) is 0 Å². The highest BCUT2D eigenvalue weighted by atomic mass is 35.5. The van der Waals surface area contributed by atoms with Gasteiger partial charge in [-0.15, -0.1) is 0 Å². The molecule has 1 saturated heterocycles. The summed E-state index contributed by atoms with van der Waals surface area (Å²) in [7, 11) is 0. The second-order valence-corrected chi connectivity index (χ2v) is 6.15. The molecule has 2 aliphatic heterocycles. The fraction of sp³-hybridized carbons (Fsp3) is 0.533. The van der Waals surface area contributed by atoms with Crippen molar-refractivity contribution < 1.29 is 9.57 Å². The molecule has 0 aromatic heterocycles. The standard InChI is InChI=1S/C15H16ClNO2/c16-12-6-4-11(5-7-12)13-15(10-18-15)14(19-17-13)8-2-1-3-9-14/h4-7H,1-3,8-10H2. The van der Waals surface area contributed by atoms with E-state index < -0.39 is 0 Å². The maximum absolute atomic E-state index is 5.94. The molecule has 2 spiro atoms. The summed E-state index contributed by atoms with van der Waals surface area (Å²) in [6.07, 6.45) is 5.79. The molecule has 2 heterocycles. The Balaban J connectivity index is 1.70. The fourth-order valence-corrected chi connectivity index (χ4v) is 3.61. The molecule has 4 heteroatoms. The minimum Gasteiger partial charge on any atom is -0.385 e. The van der Waals surface area contributed by atoms with Gasteiger partial charge in [-0.25, -0.2) is 0 Å². The second kappa shape index (κ2) is 3.97. The third-order valence-electron chi connectivity index (χ3n) is 4.64. The van der Waals surface area contributed by atoms with Gasteiger partial charge in [0.25, 0.3) is 0 Å². The summed E-state index contributed by atoms with van der Waals surface area (Å²) in [6.45, 7) is 0.731. The van der Waals surface area contributed by atoms with Crippen LogP contribution in [0, 0.1) is 0 Å². The van der Waals surface area contributed by atoms with E-state index in [9.17, 15) is 0 Å². The first-order valence-electron chi connectivity index (χ1n) is 6.92. The van der Waals surface area contributed by atoms with Gasteiger partial charge in [0.2, 0.25) is 0 Å². The van der Waals surface area contributed by atoms with Crippen LogP contribution in [0.3, 0.4) is 0 Å². The first-order chi connectivity index (χ1) is 9.26. The van der Waals surface area contributed by atoms with E-state index in [2.05, 4.69) is 5.16 Å². The van der Waals surface area contributed by atoms with Gasteiger partial charge in [0, 0.05) is 10.6 Å². The van der Waals surface area contributed by atoms with E-state index in [1.165, 1.54) is 19.3 Å². The summed E-state index contributed by atoms with van der Waals surface area (Å²) in [6, 6.07) is 7.77. The average molecular weight is 278 g/mol. The number of oxime groups is 1. The Kier molecular flexibility index (Phi) is 2.45.